The minimum atomic E-state index is -0.0594. The zero-order chi connectivity index (χ0) is 13.0. The zero-order valence-electron chi connectivity index (χ0n) is 10.4. The van der Waals surface area contributed by atoms with Crippen LogP contribution in [0.15, 0.2) is 24.3 Å². The van der Waals surface area contributed by atoms with Gasteiger partial charge in [-0.15, -0.1) is 0 Å². The van der Waals surface area contributed by atoms with E-state index in [2.05, 4.69) is 5.32 Å². The molecule has 18 heavy (non-hydrogen) atoms. The minimum Gasteiger partial charge on any atom is -0.495 e. The molecule has 1 heterocycles. The Kier molecular flexibility index (Phi) is 4.17. The van der Waals surface area contributed by atoms with Crippen LogP contribution in [0.3, 0.4) is 0 Å². The number of carbonyl (C=O) groups is 1. The first-order chi connectivity index (χ1) is 8.72. The van der Waals surface area contributed by atoms with E-state index in [0.717, 1.165) is 13.1 Å². The summed E-state index contributed by atoms with van der Waals surface area (Å²) in [5, 5.41) is 11.7. The Bertz CT molecular complexity index is 416. The quantitative estimate of drug-likeness (QED) is 0.801. The van der Waals surface area contributed by atoms with Gasteiger partial charge in [0.1, 0.15) is 5.75 Å². The molecule has 0 spiro atoms. The summed E-state index contributed by atoms with van der Waals surface area (Å²) in [5.41, 5.74) is 0.684. The molecule has 5 nitrogen and oxygen atoms in total. The Labute approximate surface area is 106 Å². The lowest BCUT2D eigenvalue weighted by Crippen LogP contribution is -2.51. The highest BCUT2D eigenvalue weighted by Gasteiger charge is 2.27. The topological polar surface area (TPSA) is 61.8 Å². The van der Waals surface area contributed by atoms with E-state index in [1.54, 1.807) is 13.2 Å². The van der Waals surface area contributed by atoms with E-state index in [1.165, 1.54) is 0 Å². The van der Waals surface area contributed by atoms with E-state index < -0.39 is 0 Å². The van der Waals surface area contributed by atoms with Crippen molar-refractivity contribution in [2.45, 2.75) is 0 Å². The lowest BCUT2D eigenvalue weighted by Gasteiger charge is -2.37. The lowest BCUT2D eigenvalue weighted by atomic mass is 10.0. The maximum absolute atomic E-state index is 11.8. The van der Waals surface area contributed by atoms with Crippen molar-refractivity contribution in [3.8, 4) is 5.75 Å². The molecule has 0 saturated carbocycles. The molecule has 98 valence electrons. The first kappa shape index (κ1) is 12.9. The highest BCUT2D eigenvalue weighted by atomic mass is 16.5. The van der Waals surface area contributed by atoms with Crippen LogP contribution in [-0.2, 0) is 4.79 Å². The summed E-state index contributed by atoms with van der Waals surface area (Å²) in [5.74, 6) is 0.919. The van der Waals surface area contributed by atoms with E-state index in [4.69, 9.17) is 9.84 Å². The van der Waals surface area contributed by atoms with Crippen molar-refractivity contribution >= 4 is 11.6 Å². The third kappa shape index (κ3) is 3.00. The normalized spacial score (nSPS) is 16.1. The van der Waals surface area contributed by atoms with Crippen molar-refractivity contribution in [3.05, 3.63) is 24.3 Å². The van der Waals surface area contributed by atoms with E-state index >= 15 is 0 Å². The summed E-state index contributed by atoms with van der Waals surface area (Å²) < 4.78 is 5.16. The molecule has 0 aliphatic carbocycles. The molecule has 1 aromatic carbocycles. The van der Waals surface area contributed by atoms with Crippen LogP contribution in [0.4, 0.5) is 5.69 Å². The second-order valence-corrected chi connectivity index (χ2v) is 4.49. The maximum Gasteiger partial charge on any atom is 0.238 e. The van der Waals surface area contributed by atoms with E-state index in [0.29, 0.717) is 23.9 Å². The average molecular weight is 250 g/mol. The molecular formula is C13H18N2O3. The largest absolute Gasteiger partial charge is 0.495 e. The summed E-state index contributed by atoms with van der Waals surface area (Å²) >= 11 is 0. The van der Waals surface area contributed by atoms with Crippen LogP contribution < -0.4 is 10.1 Å². The maximum atomic E-state index is 11.8. The van der Waals surface area contributed by atoms with Crippen LogP contribution in [-0.4, -0.2) is 49.3 Å². The van der Waals surface area contributed by atoms with Gasteiger partial charge < -0.3 is 15.2 Å². The molecule has 0 bridgehead atoms. The smallest absolute Gasteiger partial charge is 0.238 e. The number of methoxy groups -OCH3 is 1. The number of rotatable bonds is 5. The van der Waals surface area contributed by atoms with E-state index in [-0.39, 0.29) is 12.5 Å². The fourth-order valence-corrected chi connectivity index (χ4v) is 2.06. The Morgan fingerprint density at radius 2 is 2.22 bits per heavy atom. The monoisotopic (exact) mass is 250 g/mol. The second kappa shape index (κ2) is 5.84. The van der Waals surface area contributed by atoms with Crippen molar-refractivity contribution in [1.82, 2.24) is 4.90 Å². The fraction of sp³-hybridized carbons (Fsp3) is 0.462. The summed E-state index contributed by atoms with van der Waals surface area (Å²) in [6.07, 6.45) is 0. The summed E-state index contributed by atoms with van der Waals surface area (Å²) in [7, 11) is 1.58. The molecule has 0 radical (unpaired) electrons. The molecule has 1 amide bonds. The van der Waals surface area contributed by atoms with Gasteiger partial charge in [-0.25, -0.2) is 0 Å². The summed E-state index contributed by atoms with van der Waals surface area (Å²) in [6.45, 7) is 2.13. The van der Waals surface area contributed by atoms with Crippen LogP contribution >= 0.6 is 0 Å². The Hall–Kier alpha value is -1.59. The Morgan fingerprint density at radius 3 is 2.89 bits per heavy atom. The Morgan fingerprint density at radius 1 is 1.50 bits per heavy atom. The number of anilines is 1. The lowest BCUT2D eigenvalue weighted by molar-refractivity contribution is -0.119. The van der Waals surface area contributed by atoms with Crippen LogP contribution in [0.1, 0.15) is 0 Å². The predicted molar refractivity (Wildman–Crippen MR) is 68.6 cm³/mol. The number of aliphatic hydroxyl groups is 1. The molecular weight excluding hydrogens is 232 g/mol. The first-order valence-electron chi connectivity index (χ1n) is 5.99. The average Bonchev–Trinajstić information content (AvgIpc) is 2.34. The third-order valence-corrected chi connectivity index (χ3v) is 3.04. The predicted octanol–water partition coefficient (Wildman–Crippen LogP) is 0.558. The van der Waals surface area contributed by atoms with Gasteiger partial charge in [0.05, 0.1) is 19.3 Å². The minimum absolute atomic E-state index is 0.0594. The van der Waals surface area contributed by atoms with Gasteiger partial charge in [0.15, 0.2) is 0 Å². The zero-order valence-corrected chi connectivity index (χ0v) is 10.4. The van der Waals surface area contributed by atoms with Gasteiger partial charge in [0.2, 0.25) is 5.91 Å². The van der Waals surface area contributed by atoms with E-state index in [9.17, 15) is 4.79 Å². The summed E-state index contributed by atoms with van der Waals surface area (Å²) in [4.78, 5) is 13.8. The number of nitrogens with zero attached hydrogens (tertiary/aromatic N) is 1. The van der Waals surface area contributed by atoms with Gasteiger partial charge in [-0.05, 0) is 12.1 Å². The second-order valence-electron chi connectivity index (χ2n) is 4.49. The Balaban J connectivity index is 1.84. The van der Waals surface area contributed by atoms with Crippen molar-refractivity contribution in [3.63, 3.8) is 0 Å². The van der Waals surface area contributed by atoms with Crippen molar-refractivity contribution in [1.29, 1.82) is 0 Å². The number of likely N-dealkylation sites (tertiary alicyclic amines) is 1. The van der Waals surface area contributed by atoms with Crippen molar-refractivity contribution in [2.75, 3.05) is 38.7 Å². The molecule has 1 aliphatic rings. The number of para-hydroxylation sites is 2. The SMILES string of the molecule is COc1ccccc1NC(=O)CN1CC(CO)C1. The van der Waals surface area contributed by atoms with Gasteiger partial charge in [-0.3, -0.25) is 9.69 Å². The molecule has 1 saturated heterocycles. The number of hydrogen-bond donors (Lipinski definition) is 2. The van der Waals surface area contributed by atoms with Crippen molar-refractivity contribution in [2.24, 2.45) is 5.92 Å². The molecule has 0 atom stereocenters. The van der Waals surface area contributed by atoms with Crippen molar-refractivity contribution < 1.29 is 14.6 Å². The number of aliphatic hydroxyl groups excluding tert-OH is 1. The molecule has 1 aliphatic heterocycles. The molecule has 1 aromatic rings. The van der Waals surface area contributed by atoms with Crippen LogP contribution in [0.25, 0.3) is 0 Å². The van der Waals surface area contributed by atoms with Gasteiger partial charge in [0, 0.05) is 25.6 Å². The molecule has 2 rings (SSSR count). The number of amides is 1. The first-order valence-corrected chi connectivity index (χ1v) is 5.99. The van der Waals surface area contributed by atoms with Gasteiger partial charge >= 0.3 is 0 Å². The number of carbonyl (C=O) groups excluding carboxylic acids is 1. The van der Waals surface area contributed by atoms with Crippen LogP contribution in [0, 0.1) is 5.92 Å². The molecule has 2 N–H and O–H groups in total. The van der Waals surface area contributed by atoms with E-state index in [1.807, 2.05) is 23.1 Å². The number of benzene rings is 1. The number of hydrogen-bond acceptors (Lipinski definition) is 4. The number of ether oxygens (including phenoxy) is 1. The summed E-state index contributed by atoms with van der Waals surface area (Å²) in [6, 6.07) is 7.32. The van der Waals surface area contributed by atoms with Gasteiger partial charge in [-0.1, -0.05) is 12.1 Å². The molecule has 0 unspecified atom stereocenters. The number of nitrogens with one attached hydrogen (secondary N) is 1. The highest BCUT2D eigenvalue weighted by Crippen LogP contribution is 2.23. The van der Waals surface area contributed by atoms with Crippen LogP contribution in [0.5, 0.6) is 5.75 Å². The van der Waals surface area contributed by atoms with Gasteiger partial charge in [0.25, 0.3) is 0 Å². The third-order valence-electron chi connectivity index (χ3n) is 3.04. The molecule has 1 fully saturated rings. The van der Waals surface area contributed by atoms with Gasteiger partial charge in [-0.2, -0.15) is 0 Å². The van der Waals surface area contributed by atoms with Crippen LogP contribution in [0.2, 0.25) is 0 Å². The highest BCUT2D eigenvalue weighted by molar-refractivity contribution is 5.93. The standard InChI is InChI=1S/C13H18N2O3/c1-18-12-5-3-2-4-11(12)14-13(17)8-15-6-10(7-15)9-16/h2-5,10,16H,6-9H2,1H3,(H,14,17). The molecule has 0 aromatic heterocycles. The fourth-order valence-electron chi connectivity index (χ4n) is 2.06. The molecule has 5 heteroatoms.